The number of fused-ring (bicyclic) bond motifs is 2. The average Bonchev–Trinajstić information content (AvgIpc) is 3.43. The highest BCUT2D eigenvalue weighted by atomic mass is 32.1. The van der Waals surface area contributed by atoms with Crippen LogP contribution in [-0.2, 0) is 17.8 Å². The summed E-state index contributed by atoms with van der Waals surface area (Å²) in [6.07, 6.45) is 0.725. The van der Waals surface area contributed by atoms with Crippen LogP contribution >= 0.6 is 22.7 Å². The summed E-state index contributed by atoms with van der Waals surface area (Å²) in [7, 11) is 3.10. The Morgan fingerprint density at radius 2 is 1.85 bits per heavy atom. The molecule has 0 bridgehead atoms. The Morgan fingerprint density at radius 1 is 1.06 bits per heavy atom. The van der Waals surface area contributed by atoms with Crippen molar-refractivity contribution in [3.05, 3.63) is 58.5 Å². The van der Waals surface area contributed by atoms with Gasteiger partial charge >= 0.3 is 0 Å². The maximum Gasteiger partial charge on any atom is 0.256 e. The third-order valence-corrected chi connectivity index (χ3v) is 8.07. The zero-order valence-corrected chi connectivity index (χ0v) is 20.6. The molecule has 9 heteroatoms. The van der Waals surface area contributed by atoms with Crippen molar-refractivity contribution in [1.29, 1.82) is 0 Å². The Hall–Kier alpha value is -3.43. The van der Waals surface area contributed by atoms with E-state index in [1.54, 1.807) is 50.7 Å². The van der Waals surface area contributed by atoms with Gasteiger partial charge in [-0.2, -0.15) is 0 Å². The molecule has 1 N–H and O–H groups in total. The normalized spacial score (nSPS) is 13.0. The van der Waals surface area contributed by atoms with Gasteiger partial charge < -0.3 is 19.7 Å². The fourth-order valence-corrected chi connectivity index (χ4v) is 6.49. The van der Waals surface area contributed by atoms with Crippen molar-refractivity contribution in [2.75, 3.05) is 26.1 Å². The summed E-state index contributed by atoms with van der Waals surface area (Å²) in [5, 5.41) is 4.72. The minimum atomic E-state index is -0.245. The highest BCUT2D eigenvalue weighted by Crippen LogP contribution is 2.46. The van der Waals surface area contributed by atoms with E-state index in [1.807, 2.05) is 23.1 Å². The second kappa shape index (κ2) is 9.08. The molecule has 7 nitrogen and oxygen atoms in total. The molecule has 1 aliphatic heterocycles. The van der Waals surface area contributed by atoms with E-state index in [1.165, 1.54) is 11.3 Å². The maximum atomic E-state index is 13.2. The molecule has 5 rings (SSSR count). The number of rotatable bonds is 5. The van der Waals surface area contributed by atoms with Crippen LogP contribution in [0.4, 0.5) is 5.00 Å². The first-order valence-corrected chi connectivity index (χ1v) is 12.4. The molecular formula is C25H23N3O4S2. The molecule has 0 saturated carbocycles. The van der Waals surface area contributed by atoms with Gasteiger partial charge in [0.15, 0.2) is 11.5 Å². The number of nitrogens with one attached hydrogen (secondary N) is 1. The number of aromatic nitrogens is 1. The third-order valence-electron chi connectivity index (χ3n) is 5.88. The molecule has 2 amide bonds. The number of methoxy groups -OCH3 is 2. The molecule has 0 unspecified atom stereocenters. The minimum Gasteiger partial charge on any atom is -0.493 e. The fourth-order valence-electron chi connectivity index (χ4n) is 4.12. The van der Waals surface area contributed by atoms with E-state index in [2.05, 4.69) is 11.4 Å². The second-order valence-electron chi connectivity index (χ2n) is 7.91. The van der Waals surface area contributed by atoms with Crippen molar-refractivity contribution in [3.8, 4) is 22.1 Å². The van der Waals surface area contributed by atoms with Crippen LogP contribution in [0.1, 0.15) is 27.7 Å². The van der Waals surface area contributed by atoms with Gasteiger partial charge in [-0.25, -0.2) is 4.98 Å². The van der Waals surface area contributed by atoms with E-state index in [-0.39, 0.29) is 11.8 Å². The van der Waals surface area contributed by atoms with E-state index in [4.69, 9.17) is 14.5 Å². The predicted molar refractivity (Wildman–Crippen MR) is 135 cm³/mol. The first-order valence-electron chi connectivity index (χ1n) is 10.8. The number of anilines is 1. The fraction of sp³-hybridized carbons (Fsp3) is 0.240. The molecule has 0 radical (unpaired) electrons. The van der Waals surface area contributed by atoms with Crippen molar-refractivity contribution in [2.24, 2.45) is 0 Å². The zero-order chi connectivity index (χ0) is 23.8. The van der Waals surface area contributed by atoms with Gasteiger partial charge in [0.05, 0.1) is 31.0 Å². The van der Waals surface area contributed by atoms with Gasteiger partial charge in [0.1, 0.15) is 10.0 Å². The number of hydrogen-bond donors (Lipinski definition) is 1. The number of amides is 2. The molecule has 0 saturated heterocycles. The quantitative estimate of drug-likeness (QED) is 0.413. The van der Waals surface area contributed by atoms with Crippen LogP contribution < -0.4 is 14.8 Å². The first kappa shape index (κ1) is 22.4. The number of ether oxygens (including phenoxy) is 2. The van der Waals surface area contributed by atoms with Crippen LogP contribution in [0.15, 0.2) is 42.5 Å². The van der Waals surface area contributed by atoms with Gasteiger partial charge in [-0.3, -0.25) is 9.59 Å². The average molecular weight is 494 g/mol. The van der Waals surface area contributed by atoms with Crippen LogP contribution in [0, 0.1) is 0 Å². The van der Waals surface area contributed by atoms with Crippen LogP contribution in [0.5, 0.6) is 11.5 Å². The summed E-state index contributed by atoms with van der Waals surface area (Å²) in [4.78, 5) is 33.0. The lowest BCUT2D eigenvalue weighted by molar-refractivity contribution is -0.129. The molecule has 3 heterocycles. The van der Waals surface area contributed by atoms with Crippen LogP contribution in [0.25, 0.3) is 20.8 Å². The Labute approximate surface area is 205 Å². The van der Waals surface area contributed by atoms with Crippen LogP contribution in [-0.4, -0.2) is 42.5 Å². The van der Waals surface area contributed by atoms with Crippen molar-refractivity contribution < 1.29 is 19.1 Å². The van der Waals surface area contributed by atoms with Gasteiger partial charge in [-0.1, -0.05) is 12.1 Å². The molecule has 0 aliphatic carbocycles. The number of benzene rings is 2. The van der Waals surface area contributed by atoms with Gasteiger partial charge in [0.25, 0.3) is 5.91 Å². The van der Waals surface area contributed by atoms with Gasteiger partial charge in [-0.05, 0) is 42.3 Å². The van der Waals surface area contributed by atoms with Crippen molar-refractivity contribution in [3.63, 3.8) is 0 Å². The van der Waals surface area contributed by atoms with E-state index in [9.17, 15) is 9.59 Å². The molecular weight excluding hydrogens is 470 g/mol. The Balaban J connectivity index is 1.56. The number of para-hydroxylation sites is 1. The third kappa shape index (κ3) is 4.01. The lowest BCUT2D eigenvalue weighted by atomic mass is 10.0. The van der Waals surface area contributed by atoms with Crippen molar-refractivity contribution in [2.45, 2.75) is 19.9 Å². The number of nitrogens with zero attached hydrogens (tertiary/aromatic N) is 2. The molecule has 2 aromatic heterocycles. The number of carbonyl (C=O) groups excluding carboxylic acids is 2. The number of carbonyl (C=O) groups is 2. The highest BCUT2D eigenvalue weighted by molar-refractivity contribution is 7.23. The van der Waals surface area contributed by atoms with E-state index in [0.717, 1.165) is 42.7 Å². The van der Waals surface area contributed by atoms with Gasteiger partial charge in [-0.15, -0.1) is 22.7 Å². The molecule has 174 valence electrons. The Bertz CT molecular complexity index is 1380. The maximum absolute atomic E-state index is 13.2. The van der Waals surface area contributed by atoms with Gasteiger partial charge in [0, 0.05) is 29.5 Å². The molecule has 0 atom stereocenters. The van der Waals surface area contributed by atoms with E-state index < -0.39 is 0 Å². The van der Waals surface area contributed by atoms with Crippen LogP contribution in [0.2, 0.25) is 0 Å². The smallest absolute Gasteiger partial charge is 0.256 e. The largest absolute Gasteiger partial charge is 0.493 e. The number of thiazole rings is 1. The molecule has 2 aromatic carbocycles. The van der Waals surface area contributed by atoms with Crippen molar-refractivity contribution in [1.82, 2.24) is 9.88 Å². The highest BCUT2D eigenvalue weighted by Gasteiger charge is 2.29. The van der Waals surface area contributed by atoms with E-state index >= 15 is 0 Å². The first-order chi connectivity index (χ1) is 16.5. The monoisotopic (exact) mass is 493 g/mol. The molecule has 0 spiro atoms. The summed E-state index contributed by atoms with van der Waals surface area (Å²) < 4.78 is 11.7. The second-order valence-corrected chi connectivity index (χ2v) is 10.0. The summed E-state index contributed by atoms with van der Waals surface area (Å²) in [6, 6.07) is 13.1. The van der Waals surface area contributed by atoms with Gasteiger partial charge in [0.2, 0.25) is 5.91 Å². The lowest BCUT2D eigenvalue weighted by Crippen LogP contribution is -2.33. The summed E-state index contributed by atoms with van der Waals surface area (Å²) in [5.41, 5.74) is 3.51. The van der Waals surface area contributed by atoms with Crippen molar-refractivity contribution >= 4 is 49.7 Å². The molecule has 1 aliphatic rings. The minimum absolute atomic E-state index is 0.0523. The zero-order valence-electron chi connectivity index (χ0n) is 19.0. The summed E-state index contributed by atoms with van der Waals surface area (Å²) in [6.45, 7) is 2.78. The lowest BCUT2D eigenvalue weighted by Gasteiger charge is -2.26. The molecule has 34 heavy (non-hydrogen) atoms. The number of thiophene rings is 1. The Kier molecular flexibility index (Phi) is 5.97. The molecule has 4 aromatic rings. The number of hydrogen-bond acceptors (Lipinski definition) is 7. The topological polar surface area (TPSA) is 80.8 Å². The summed E-state index contributed by atoms with van der Waals surface area (Å²) in [5.74, 6) is 0.857. The SMILES string of the molecule is COc1ccc(C(=O)Nc2sc3c(c2-c2nc4ccccc4s2)CCN(C(C)=O)C3)cc1OC. The predicted octanol–water partition coefficient (Wildman–Crippen LogP) is 5.20. The summed E-state index contributed by atoms with van der Waals surface area (Å²) >= 11 is 3.12. The standard InChI is InChI=1S/C25H23N3O4S2/c1-14(29)28-11-10-16-21(13-28)34-25(22(16)24-26-17-6-4-5-7-20(17)33-24)27-23(30)15-8-9-18(31-2)19(12-15)32-3/h4-9,12H,10-11,13H2,1-3H3,(H,27,30). The van der Waals surface area contributed by atoms with Crippen LogP contribution in [0.3, 0.4) is 0 Å². The molecule has 0 fully saturated rings. The van der Waals surface area contributed by atoms with E-state index in [0.29, 0.717) is 30.2 Å². The Morgan fingerprint density at radius 3 is 2.59 bits per heavy atom.